The van der Waals surface area contributed by atoms with Gasteiger partial charge in [-0.2, -0.15) is 0 Å². The smallest absolute Gasteiger partial charge is 0.168 e. The van der Waals surface area contributed by atoms with Crippen LogP contribution < -0.4 is 5.32 Å². The van der Waals surface area contributed by atoms with Gasteiger partial charge < -0.3 is 14.8 Å². The lowest BCUT2D eigenvalue weighted by Crippen LogP contribution is -2.39. The fraction of sp³-hybridized carbons (Fsp3) is 0.571. The number of nitrogens with one attached hydrogen (secondary N) is 1. The monoisotopic (exact) mass is 269 g/mol. The van der Waals surface area contributed by atoms with Crippen LogP contribution in [0.5, 0.6) is 0 Å². The minimum atomic E-state index is -0.558. The first-order valence-corrected chi connectivity index (χ1v) is 6.66. The number of benzene rings is 1. The lowest BCUT2D eigenvalue weighted by Gasteiger charge is -2.36. The summed E-state index contributed by atoms with van der Waals surface area (Å²) in [5.74, 6) is -1.51. The fourth-order valence-corrected chi connectivity index (χ4v) is 2.86. The molecule has 1 spiro atoms. The Kier molecular flexibility index (Phi) is 3.41. The normalized spacial score (nSPS) is 22.8. The van der Waals surface area contributed by atoms with E-state index < -0.39 is 17.4 Å². The summed E-state index contributed by atoms with van der Waals surface area (Å²) >= 11 is 0. The van der Waals surface area contributed by atoms with Crippen LogP contribution in [-0.4, -0.2) is 25.0 Å². The molecule has 2 aliphatic rings. The summed E-state index contributed by atoms with van der Waals surface area (Å²) in [6.45, 7) is 1.32. The molecule has 1 aromatic rings. The maximum atomic E-state index is 13.1. The molecule has 5 heteroatoms. The van der Waals surface area contributed by atoms with E-state index >= 15 is 0 Å². The second-order valence-corrected chi connectivity index (χ2v) is 5.18. The van der Waals surface area contributed by atoms with Crippen LogP contribution in [0.25, 0.3) is 0 Å². The van der Waals surface area contributed by atoms with Crippen molar-refractivity contribution in [3.8, 4) is 0 Å². The number of hydrogen-bond acceptors (Lipinski definition) is 3. The van der Waals surface area contributed by atoms with Crippen molar-refractivity contribution in [3.63, 3.8) is 0 Å². The van der Waals surface area contributed by atoms with E-state index in [2.05, 4.69) is 5.32 Å². The van der Waals surface area contributed by atoms with Crippen molar-refractivity contribution in [2.24, 2.45) is 0 Å². The van der Waals surface area contributed by atoms with Crippen LogP contribution in [0.4, 0.5) is 14.5 Å². The number of hydrogen-bond donors (Lipinski definition) is 1. The van der Waals surface area contributed by atoms with Gasteiger partial charge in [0, 0.05) is 30.6 Å². The highest BCUT2D eigenvalue weighted by molar-refractivity contribution is 5.44. The molecule has 19 heavy (non-hydrogen) atoms. The zero-order valence-electron chi connectivity index (χ0n) is 10.6. The van der Waals surface area contributed by atoms with E-state index in [9.17, 15) is 8.78 Å². The largest absolute Gasteiger partial charge is 0.382 e. The van der Waals surface area contributed by atoms with Crippen LogP contribution in [-0.2, 0) is 9.47 Å². The summed E-state index contributed by atoms with van der Waals surface area (Å²) in [6, 6.07) is 3.72. The molecule has 1 aliphatic carbocycles. The molecule has 0 bridgehead atoms. The Morgan fingerprint density at radius 2 is 1.58 bits per heavy atom. The molecule has 104 valence electrons. The number of anilines is 1. The highest BCUT2D eigenvalue weighted by Gasteiger charge is 2.40. The number of ether oxygens (including phenoxy) is 2. The zero-order chi connectivity index (χ0) is 13.3. The Morgan fingerprint density at radius 3 is 2.16 bits per heavy atom. The second kappa shape index (κ2) is 5.06. The molecule has 2 fully saturated rings. The van der Waals surface area contributed by atoms with Crippen LogP contribution in [0.2, 0.25) is 0 Å². The average Bonchev–Trinajstić information content (AvgIpc) is 2.80. The van der Waals surface area contributed by atoms with E-state index in [1.54, 1.807) is 0 Å². The molecule has 1 saturated carbocycles. The van der Waals surface area contributed by atoms with Gasteiger partial charge in [0.2, 0.25) is 0 Å². The van der Waals surface area contributed by atoms with Crippen LogP contribution >= 0.6 is 0 Å². The summed E-state index contributed by atoms with van der Waals surface area (Å²) in [7, 11) is 0. The van der Waals surface area contributed by atoms with E-state index in [0.29, 0.717) is 18.9 Å². The van der Waals surface area contributed by atoms with Crippen molar-refractivity contribution >= 4 is 5.69 Å². The summed E-state index contributed by atoms with van der Waals surface area (Å²) in [6.07, 6.45) is 3.39. The van der Waals surface area contributed by atoms with E-state index in [4.69, 9.17) is 9.47 Å². The number of halogens is 2. The first-order valence-electron chi connectivity index (χ1n) is 6.66. The molecular weight excluding hydrogens is 252 g/mol. The molecule has 1 heterocycles. The highest BCUT2D eigenvalue weighted by atomic mass is 19.1. The third kappa shape index (κ3) is 2.87. The molecule has 1 aliphatic heterocycles. The van der Waals surface area contributed by atoms with Crippen molar-refractivity contribution < 1.29 is 18.3 Å². The molecule has 0 aromatic heterocycles. The Hall–Kier alpha value is -1.20. The van der Waals surface area contributed by atoms with Crippen LogP contribution in [0.1, 0.15) is 25.7 Å². The van der Waals surface area contributed by atoms with E-state index in [1.165, 1.54) is 12.1 Å². The summed E-state index contributed by atoms with van der Waals surface area (Å²) < 4.78 is 37.5. The molecule has 3 rings (SSSR count). The summed E-state index contributed by atoms with van der Waals surface area (Å²) in [4.78, 5) is 0. The topological polar surface area (TPSA) is 30.5 Å². The quantitative estimate of drug-likeness (QED) is 0.895. The Labute approximate surface area is 110 Å². The molecule has 0 atom stereocenters. The van der Waals surface area contributed by atoms with Gasteiger partial charge in [-0.3, -0.25) is 0 Å². The SMILES string of the molecule is Fc1cc(F)cc(NC2CCC3(CC2)OCCO3)c1. The van der Waals surface area contributed by atoms with E-state index in [0.717, 1.165) is 31.7 Å². The van der Waals surface area contributed by atoms with E-state index in [1.807, 2.05) is 0 Å². The second-order valence-electron chi connectivity index (χ2n) is 5.18. The first-order chi connectivity index (χ1) is 9.15. The van der Waals surface area contributed by atoms with Gasteiger partial charge in [0.1, 0.15) is 11.6 Å². The molecule has 1 aromatic carbocycles. The van der Waals surface area contributed by atoms with Gasteiger partial charge in [0.15, 0.2) is 5.79 Å². The third-order valence-corrected chi connectivity index (χ3v) is 3.79. The van der Waals surface area contributed by atoms with E-state index in [-0.39, 0.29) is 6.04 Å². The van der Waals surface area contributed by atoms with Gasteiger partial charge in [0.25, 0.3) is 0 Å². The van der Waals surface area contributed by atoms with Gasteiger partial charge in [-0.05, 0) is 25.0 Å². The molecular formula is C14H17F2NO2. The number of rotatable bonds is 2. The predicted molar refractivity (Wildman–Crippen MR) is 66.9 cm³/mol. The Bertz CT molecular complexity index is 431. The van der Waals surface area contributed by atoms with Gasteiger partial charge in [-0.1, -0.05) is 0 Å². The lowest BCUT2D eigenvalue weighted by atomic mass is 9.90. The maximum Gasteiger partial charge on any atom is 0.168 e. The van der Waals surface area contributed by atoms with Gasteiger partial charge in [-0.15, -0.1) is 0 Å². The highest BCUT2D eigenvalue weighted by Crippen LogP contribution is 2.36. The van der Waals surface area contributed by atoms with Crippen LogP contribution in [0.3, 0.4) is 0 Å². The lowest BCUT2D eigenvalue weighted by molar-refractivity contribution is -0.177. The minimum absolute atomic E-state index is 0.208. The first kappa shape index (κ1) is 12.8. The van der Waals surface area contributed by atoms with Crippen LogP contribution in [0, 0.1) is 11.6 Å². The van der Waals surface area contributed by atoms with Crippen molar-refractivity contribution in [2.75, 3.05) is 18.5 Å². The predicted octanol–water partition coefficient (Wildman–Crippen LogP) is 3.06. The molecule has 0 unspecified atom stereocenters. The minimum Gasteiger partial charge on any atom is -0.382 e. The van der Waals surface area contributed by atoms with Gasteiger partial charge in [0.05, 0.1) is 13.2 Å². The molecule has 1 saturated heterocycles. The molecule has 3 nitrogen and oxygen atoms in total. The van der Waals surface area contributed by atoms with Crippen molar-refractivity contribution in [1.29, 1.82) is 0 Å². The van der Waals surface area contributed by atoms with Gasteiger partial charge >= 0.3 is 0 Å². The van der Waals surface area contributed by atoms with Crippen molar-refractivity contribution in [1.82, 2.24) is 0 Å². The maximum absolute atomic E-state index is 13.1. The fourth-order valence-electron chi connectivity index (χ4n) is 2.86. The van der Waals surface area contributed by atoms with Gasteiger partial charge in [-0.25, -0.2) is 8.78 Å². The Morgan fingerprint density at radius 1 is 1.00 bits per heavy atom. The van der Waals surface area contributed by atoms with Crippen molar-refractivity contribution in [2.45, 2.75) is 37.5 Å². The standard InChI is InChI=1S/C14H17F2NO2/c15-10-7-11(16)9-13(8-10)17-12-1-3-14(4-2-12)18-5-6-19-14/h7-9,12,17H,1-6H2. The summed E-state index contributed by atoms with van der Waals surface area (Å²) in [5.41, 5.74) is 0.492. The van der Waals surface area contributed by atoms with Crippen LogP contribution in [0.15, 0.2) is 18.2 Å². The molecule has 1 N–H and O–H groups in total. The Balaban J connectivity index is 1.59. The third-order valence-electron chi connectivity index (χ3n) is 3.79. The summed E-state index contributed by atoms with van der Waals surface area (Å²) in [5, 5.41) is 3.18. The average molecular weight is 269 g/mol. The molecule has 0 amide bonds. The zero-order valence-corrected chi connectivity index (χ0v) is 10.6. The van der Waals surface area contributed by atoms with Crippen molar-refractivity contribution in [3.05, 3.63) is 29.8 Å². The molecule has 0 radical (unpaired) electrons.